The Morgan fingerprint density at radius 3 is 2.58 bits per heavy atom. The second-order valence-electron chi connectivity index (χ2n) is 4.99. The predicted octanol–water partition coefficient (Wildman–Crippen LogP) is 3.02. The highest BCUT2D eigenvalue weighted by Gasteiger charge is 2.09. The highest BCUT2D eigenvalue weighted by molar-refractivity contribution is 6.30. The Bertz CT molecular complexity index is 752. The third kappa shape index (κ3) is 5.62. The lowest BCUT2D eigenvalue weighted by atomic mass is 10.1. The Morgan fingerprint density at radius 2 is 1.88 bits per heavy atom. The van der Waals surface area contributed by atoms with Gasteiger partial charge in [0.1, 0.15) is 11.6 Å². The molecule has 4 nitrogen and oxygen atoms in total. The summed E-state index contributed by atoms with van der Waals surface area (Å²) in [5, 5.41) is 2.48. The van der Waals surface area contributed by atoms with Crippen LogP contribution >= 0.6 is 11.6 Å². The first-order valence-corrected chi connectivity index (χ1v) is 7.42. The van der Waals surface area contributed by atoms with Crippen molar-refractivity contribution in [2.45, 2.75) is 13.0 Å². The van der Waals surface area contributed by atoms with Gasteiger partial charge in [-0.05, 0) is 35.4 Å². The van der Waals surface area contributed by atoms with E-state index in [1.165, 1.54) is 36.4 Å². The lowest BCUT2D eigenvalue weighted by molar-refractivity contribution is -0.147. The van der Waals surface area contributed by atoms with Crippen LogP contribution in [-0.2, 0) is 27.3 Å². The average Bonchev–Trinajstić information content (AvgIpc) is 2.54. The zero-order valence-corrected chi connectivity index (χ0v) is 13.3. The monoisotopic (exact) mass is 353 g/mol. The van der Waals surface area contributed by atoms with E-state index in [1.54, 1.807) is 6.07 Å². The van der Waals surface area contributed by atoms with Crippen LogP contribution in [0, 0.1) is 11.6 Å². The van der Waals surface area contributed by atoms with Gasteiger partial charge in [-0.3, -0.25) is 9.59 Å². The second kappa shape index (κ2) is 8.40. The van der Waals surface area contributed by atoms with Gasteiger partial charge in [0.25, 0.3) is 5.91 Å². The molecular formula is C17H14ClF2NO3. The van der Waals surface area contributed by atoms with E-state index in [0.29, 0.717) is 11.1 Å². The van der Waals surface area contributed by atoms with Crippen LogP contribution in [0.15, 0.2) is 42.5 Å². The van der Waals surface area contributed by atoms with E-state index >= 15 is 0 Å². The maximum Gasteiger partial charge on any atom is 0.310 e. The molecule has 0 aliphatic carbocycles. The fourth-order valence-corrected chi connectivity index (χ4v) is 2.12. The van der Waals surface area contributed by atoms with E-state index in [-0.39, 0.29) is 18.0 Å². The molecule has 1 N–H and O–H groups in total. The zero-order valence-electron chi connectivity index (χ0n) is 12.5. The van der Waals surface area contributed by atoms with Crippen molar-refractivity contribution >= 4 is 23.5 Å². The normalized spacial score (nSPS) is 10.3. The molecule has 0 heterocycles. The molecule has 126 valence electrons. The molecule has 0 fully saturated rings. The van der Waals surface area contributed by atoms with Crippen LogP contribution in [0.25, 0.3) is 0 Å². The van der Waals surface area contributed by atoms with Gasteiger partial charge in [-0.2, -0.15) is 0 Å². The molecule has 0 unspecified atom stereocenters. The van der Waals surface area contributed by atoms with Crippen molar-refractivity contribution < 1.29 is 23.1 Å². The molecule has 0 aliphatic heterocycles. The maximum absolute atomic E-state index is 13.0. The van der Waals surface area contributed by atoms with Gasteiger partial charge in [-0.15, -0.1) is 0 Å². The number of benzene rings is 2. The fraction of sp³-hybridized carbons (Fsp3) is 0.176. The number of carbonyl (C=O) groups is 2. The van der Waals surface area contributed by atoms with Crippen LogP contribution < -0.4 is 5.32 Å². The maximum atomic E-state index is 13.0. The Kier molecular flexibility index (Phi) is 6.26. The number of carbonyl (C=O) groups excluding carboxylic acids is 2. The molecule has 2 aromatic rings. The summed E-state index contributed by atoms with van der Waals surface area (Å²) in [7, 11) is 0. The van der Waals surface area contributed by atoms with E-state index in [9.17, 15) is 18.4 Å². The largest absolute Gasteiger partial charge is 0.455 e. The third-order valence-corrected chi connectivity index (χ3v) is 3.37. The van der Waals surface area contributed by atoms with E-state index in [0.717, 1.165) is 0 Å². The molecule has 0 bridgehead atoms. The van der Waals surface area contributed by atoms with Crippen molar-refractivity contribution in [2.75, 3.05) is 6.61 Å². The summed E-state index contributed by atoms with van der Waals surface area (Å²) in [6.07, 6.45) is -0.126. The molecule has 0 aliphatic rings. The van der Waals surface area contributed by atoms with Gasteiger partial charge in [-0.25, -0.2) is 8.78 Å². The van der Waals surface area contributed by atoms with Crippen molar-refractivity contribution in [3.63, 3.8) is 0 Å². The van der Waals surface area contributed by atoms with Crippen molar-refractivity contribution in [2.24, 2.45) is 0 Å². The Hall–Kier alpha value is -2.47. The second-order valence-corrected chi connectivity index (χ2v) is 5.40. The van der Waals surface area contributed by atoms with Crippen LogP contribution in [0.4, 0.5) is 8.78 Å². The summed E-state index contributed by atoms with van der Waals surface area (Å²) >= 11 is 5.64. The lowest BCUT2D eigenvalue weighted by Gasteiger charge is -2.07. The summed E-state index contributed by atoms with van der Waals surface area (Å²) in [5.41, 5.74) is 1.07. The molecule has 2 rings (SSSR count). The van der Waals surface area contributed by atoms with Gasteiger partial charge in [0.05, 0.1) is 11.4 Å². The van der Waals surface area contributed by atoms with Gasteiger partial charge in [-0.1, -0.05) is 29.8 Å². The summed E-state index contributed by atoms with van der Waals surface area (Å²) in [6, 6.07) is 9.64. The number of hydrogen-bond donors (Lipinski definition) is 1. The predicted molar refractivity (Wildman–Crippen MR) is 84.3 cm³/mol. The van der Waals surface area contributed by atoms with Crippen LogP contribution in [0.2, 0.25) is 5.02 Å². The third-order valence-electron chi connectivity index (χ3n) is 3.08. The first kappa shape index (κ1) is 17.9. The van der Waals surface area contributed by atoms with Crippen molar-refractivity contribution in [1.29, 1.82) is 0 Å². The van der Waals surface area contributed by atoms with E-state index in [1.807, 2.05) is 0 Å². The molecule has 2 aromatic carbocycles. The highest BCUT2D eigenvalue weighted by atomic mass is 35.5. The quantitative estimate of drug-likeness (QED) is 0.812. The van der Waals surface area contributed by atoms with Crippen molar-refractivity contribution in [1.82, 2.24) is 5.32 Å². The van der Waals surface area contributed by atoms with Crippen molar-refractivity contribution in [3.05, 3.63) is 70.2 Å². The minimum absolute atomic E-state index is 0.0386. The van der Waals surface area contributed by atoms with Crippen LogP contribution in [0.3, 0.4) is 0 Å². The van der Waals surface area contributed by atoms with E-state index in [2.05, 4.69) is 5.32 Å². The number of esters is 1. The Labute approximate surface area is 142 Å². The van der Waals surface area contributed by atoms with Crippen molar-refractivity contribution in [3.8, 4) is 0 Å². The molecule has 7 heteroatoms. The number of rotatable bonds is 6. The smallest absolute Gasteiger partial charge is 0.310 e. The molecule has 0 radical (unpaired) electrons. The molecule has 0 atom stereocenters. The number of hydrogen-bond acceptors (Lipinski definition) is 3. The van der Waals surface area contributed by atoms with Gasteiger partial charge in [0.2, 0.25) is 0 Å². The van der Waals surface area contributed by atoms with Crippen LogP contribution in [-0.4, -0.2) is 18.5 Å². The minimum atomic E-state index is -0.638. The average molecular weight is 354 g/mol. The number of nitrogens with one attached hydrogen (secondary N) is 1. The van der Waals surface area contributed by atoms with Crippen LogP contribution in [0.1, 0.15) is 11.1 Å². The fourth-order valence-electron chi connectivity index (χ4n) is 1.91. The molecule has 24 heavy (non-hydrogen) atoms. The first-order chi connectivity index (χ1) is 11.4. The zero-order chi connectivity index (χ0) is 17.5. The van der Waals surface area contributed by atoms with E-state index < -0.39 is 30.1 Å². The number of ether oxygens (including phenoxy) is 1. The van der Waals surface area contributed by atoms with Gasteiger partial charge in [0.15, 0.2) is 6.61 Å². The molecule has 0 aromatic heterocycles. The summed E-state index contributed by atoms with van der Waals surface area (Å²) in [4.78, 5) is 23.2. The highest BCUT2D eigenvalue weighted by Crippen LogP contribution is 2.15. The first-order valence-electron chi connectivity index (χ1n) is 7.05. The summed E-state index contributed by atoms with van der Waals surface area (Å²) in [5.74, 6) is -2.14. The summed E-state index contributed by atoms with van der Waals surface area (Å²) < 4.78 is 30.8. The molecular weight excluding hydrogens is 340 g/mol. The number of halogens is 3. The molecule has 0 saturated heterocycles. The number of amides is 1. The van der Waals surface area contributed by atoms with Gasteiger partial charge in [0, 0.05) is 6.54 Å². The van der Waals surface area contributed by atoms with Gasteiger partial charge < -0.3 is 10.1 Å². The Morgan fingerprint density at radius 1 is 1.08 bits per heavy atom. The standard InChI is InChI=1S/C17H14ClF2NO3/c18-14-7-12(4-5-15(14)20)9-21-16(22)10-24-17(23)8-11-2-1-3-13(19)6-11/h1-7H,8-10H2,(H,21,22). The SMILES string of the molecule is O=C(COC(=O)Cc1cccc(F)c1)NCc1ccc(F)c(Cl)c1. The molecule has 1 amide bonds. The van der Waals surface area contributed by atoms with Gasteiger partial charge >= 0.3 is 5.97 Å². The summed E-state index contributed by atoms with van der Waals surface area (Å²) in [6.45, 7) is -0.330. The van der Waals surface area contributed by atoms with Crippen LogP contribution in [0.5, 0.6) is 0 Å². The topological polar surface area (TPSA) is 55.4 Å². The van der Waals surface area contributed by atoms with E-state index in [4.69, 9.17) is 16.3 Å². The lowest BCUT2D eigenvalue weighted by Crippen LogP contribution is -2.28. The molecule has 0 spiro atoms. The molecule has 0 saturated carbocycles. The Balaban J connectivity index is 1.74. The minimum Gasteiger partial charge on any atom is -0.455 e.